The van der Waals surface area contributed by atoms with Gasteiger partial charge in [-0.05, 0) is 12.2 Å². The summed E-state index contributed by atoms with van der Waals surface area (Å²) < 4.78 is 33.9. The SMILES string of the molecule is O=c1[nH]c(=S)n([C@H]2C[C@H](O)[C@@H](COP(=O)([O-])[O-])O2)cc1F. The minimum atomic E-state index is -5.19. The highest BCUT2D eigenvalue weighted by atomic mass is 32.1. The molecule has 1 aromatic rings. The van der Waals surface area contributed by atoms with E-state index in [2.05, 4.69) is 9.51 Å². The number of aromatic nitrogens is 2. The van der Waals surface area contributed by atoms with Gasteiger partial charge in [-0.15, -0.1) is 0 Å². The van der Waals surface area contributed by atoms with Crippen molar-refractivity contribution in [3.05, 3.63) is 27.1 Å². The van der Waals surface area contributed by atoms with Crippen LogP contribution >= 0.6 is 20.0 Å². The maximum Gasteiger partial charge on any atom is 0.287 e. The molecular formula is C9H10FN2O7PS-2. The number of ether oxygens (including phenoxy) is 1. The first kappa shape index (κ1) is 16.4. The second-order valence-corrected chi connectivity index (χ2v) is 5.86. The van der Waals surface area contributed by atoms with Crippen LogP contribution in [0, 0.1) is 10.6 Å². The van der Waals surface area contributed by atoms with Crippen LogP contribution < -0.4 is 15.3 Å². The van der Waals surface area contributed by atoms with Gasteiger partial charge in [-0.3, -0.25) is 14.3 Å². The number of rotatable bonds is 4. The number of phosphoric acid groups is 1. The number of H-pyrrole nitrogens is 1. The average molecular weight is 340 g/mol. The third-order valence-corrected chi connectivity index (χ3v) is 3.61. The van der Waals surface area contributed by atoms with Gasteiger partial charge in [0.1, 0.15) is 12.3 Å². The van der Waals surface area contributed by atoms with Gasteiger partial charge in [-0.2, -0.15) is 4.39 Å². The number of hydrogen-bond donors (Lipinski definition) is 2. The first-order valence-electron chi connectivity index (χ1n) is 5.68. The van der Waals surface area contributed by atoms with Gasteiger partial charge >= 0.3 is 0 Å². The summed E-state index contributed by atoms with van der Waals surface area (Å²) in [4.78, 5) is 33.9. The highest BCUT2D eigenvalue weighted by Crippen LogP contribution is 2.32. The third-order valence-electron chi connectivity index (χ3n) is 2.84. The Labute approximate surface area is 122 Å². The lowest BCUT2D eigenvalue weighted by Crippen LogP contribution is -2.29. The molecule has 0 saturated carbocycles. The quantitative estimate of drug-likeness (QED) is 0.500. The molecule has 0 spiro atoms. The highest BCUT2D eigenvalue weighted by molar-refractivity contribution is 7.71. The Bertz CT molecular complexity index is 685. The maximum absolute atomic E-state index is 13.2. The first-order chi connectivity index (χ1) is 9.67. The van der Waals surface area contributed by atoms with Gasteiger partial charge in [0.2, 0.25) is 5.82 Å². The molecular weight excluding hydrogens is 330 g/mol. The van der Waals surface area contributed by atoms with Crippen molar-refractivity contribution in [2.45, 2.75) is 24.9 Å². The fraction of sp³-hybridized carbons (Fsp3) is 0.556. The van der Waals surface area contributed by atoms with E-state index in [1.807, 2.05) is 0 Å². The fourth-order valence-corrected chi connectivity index (χ4v) is 2.47. The number of nitrogens with one attached hydrogen (secondary N) is 1. The molecule has 12 heteroatoms. The van der Waals surface area contributed by atoms with Crippen molar-refractivity contribution < 1.29 is 33.1 Å². The van der Waals surface area contributed by atoms with Crippen LogP contribution in [0.5, 0.6) is 0 Å². The van der Waals surface area contributed by atoms with Gasteiger partial charge in [-0.25, -0.2) is 0 Å². The molecule has 9 nitrogen and oxygen atoms in total. The van der Waals surface area contributed by atoms with Crippen molar-refractivity contribution in [2.24, 2.45) is 0 Å². The molecule has 1 aromatic heterocycles. The topological polar surface area (TPSA) is 140 Å². The Morgan fingerprint density at radius 3 is 2.95 bits per heavy atom. The van der Waals surface area contributed by atoms with Crippen LogP contribution in [0.2, 0.25) is 0 Å². The van der Waals surface area contributed by atoms with Gasteiger partial charge in [0, 0.05) is 6.42 Å². The predicted molar refractivity (Wildman–Crippen MR) is 63.9 cm³/mol. The summed E-state index contributed by atoms with van der Waals surface area (Å²) in [5.41, 5.74) is -0.992. The number of nitrogens with zero attached hydrogens (tertiary/aromatic N) is 1. The second-order valence-electron chi connectivity index (χ2n) is 4.32. The van der Waals surface area contributed by atoms with E-state index in [1.54, 1.807) is 0 Å². The Morgan fingerprint density at radius 2 is 2.33 bits per heavy atom. The van der Waals surface area contributed by atoms with Gasteiger partial charge in [0.25, 0.3) is 5.56 Å². The molecule has 2 rings (SSSR count). The van der Waals surface area contributed by atoms with E-state index in [0.29, 0.717) is 0 Å². The molecule has 118 valence electrons. The lowest BCUT2D eigenvalue weighted by atomic mass is 10.2. The van der Waals surface area contributed by atoms with Crippen molar-refractivity contribution in [3.63, 3.8) is 0 Å². The Hall–Kier alpha value is -0.940. The zero-order chi connectivity index (χ0) is 15.8. The summed E-state index contributed by atoms with van der Waals surface area (Å²) in [6, 6.07) is 0. The molecule has 0 bridgehead atoms. The minimum absolute atomic E-state index is 0.0458. The minimum Gasteiger partial charge on any atom is -0.790 e. The largest absolute Gasteiger partial charge is 0.790 e. The predicted octanol–water partition coefficient (Wildman–Crippen LogP) is -1.46. The Kier molecular flexibility index (Phi) is 4.73. The van der Waals surface area contributed by atoms with Crippen LogP contribution in [-0.2, 0) is 13.8 Å². The first-order valence-corrected chi connectivity index (χ1v) is 7.55. The number of hydrogen-bond acceptors (Lipinski definition) is 8. The van der Waals surface area contributed by atoms with E-state index in [1.165, 1.54) is 0 Å². The van der Waals surface area contributed by atoms with Crippen molar-refractivity contribution >= 4 is 20.0 Å². The van der Waals surface area contributed by atoms with Gasteiger partial charge in [0.05, 0.1) is 26.7 Å². The van der Waals surface area contributed by atoms with E-state index in [4.69, 9.17) is 17.0 Å². The highest BCUT2D eigenvalue weighted by Gasteiger charge is 2.35. The van der Waals surface area contributed by atoms with E-state index in [0.717, 1.165) is 10.8 Å². The summed E-state index contributed by atoms with van der Waals surface area (Å²) in [6.45, 7) is -0.666. The van der Waals surface area contributed by atoms with Crippen LogP contribution in [0.25, 0.3) is 0 Å². The molecule has 2 N–H and O–H groups in total. The molecule has 0 aromatic carbocycles. The standard InChI is InChI=1S/C9H12FN2O7PS/c10-4-2-12(9(21)11-8(4)14)7-1-5(13)6(19-7)3-18-20(15,16)17/h2,5-7,13H,1,3H2,(H,11,14,21)(H2,15,16,17)/p-2/t5-,6+,7+/m0/s1. The van der Waals surface area contributed by atoms with Crippen LogP contribution in [0.3, 0.4) is 0 Å². The molecule has 0 aliphatic carbocycles. The number of aliphatic hydroxyl groups excluding tert-OH is 1. The Morgan fingerprint density at radius 1 is 1.67 bits per heavy atom. The van der Waals surface area contributed by atoms with Crippen molar-refractivity contribution in [2.75, 3.05) is 6.61 Å². The van der Waals surface area contributed by atoms with E-state index in [-0.39, 0.29) is 11.2 Å². The van der Waals surface area contributed by atoms with Crippen LogP contribution in [0.4, 0.5) is 4.39 Å². The normalized spacial score (nSPS) is 26.2. The number of halogens is 1. The van der Waals surface area contributed by atoms with Gasteiger partial charge in [0.15, 0.2) is 4.77 Å². The van der Waals surface area contributed by atoms with E-state index < -0.39 is 44.2 Å². The molecule has 21 heavy (non-hydrogen) atoms. The number of phosphoric ester groups is 1. The fourth-order valence-electron chi connectivity index (χ4n) is 1.88. The molecule has 2 heterocycles. The van der Waals surface area contributed by atoms with Crippen LogP contribution in [-0.4, -0.2) is 33.5 Å². The Balaban J connectivity index is 2.14. The lowest BCUT2D eigenvalue weighted by Gasteiger charge is -2.30. The van der Waals surface area contributed by atoms with Crippen molar-refractivity contribution in [1.82, 2.24) is 9.55 Å². The summed E-state index contributed by atoms with van der Waals surface area (Å²) in [7, 11) is -5.19. The summed E-state index contributed by atoms with van der Waals surface area (Å²) in [5, 5.41) is 9.72. The monoisotopic (exact) mass is 340 g/mol. The molecule has 1 aliphatic rings. The maximum atomic E-state index is 13.2. The van der Waals surface area contributed by atoms with Gasteiger partial charge < -0.3 is 28.7 Å². The zero-order valence-corrected chi connectivity index (χ0v) is 12.0. The summed E-state index contributed by atoms with van der Waals surface area (Å²) >= 11 is 4.84. The molecule has 0 unspecified atom stereocenters. The lowest BCUT2D eigenvalue weighted by molar-refractivity contribution is -0.343. The van der Waals surface area contributed by atoms with Crippen LogP contribution in [0.1, 0.15) is 12.6 Å². The number of aromatic amines is 1. The van der Waals surface area contributed by atoms with E-state index in [9.17, 15) is 28.6 Å². The molecule has 1 aliphatic heterocycles. The summed E-state index contributed by atoms with van der Waals surface area (Å²) in [6.07, 6.45) is -2.39. The molecule has 0 amide bonds. The third kappa shape index (κ3) is 4.04. The molecule has 0 radical (unpaired) electrons. The second kappa shape index (κ2) is 6.05. The smallest absolute Gasteiger partial charge is 0.287 e. The zero-order valence-electron chi connectivity index (χ0n) is 10.3. The van der Waals surface area contributed by atoms with E-state index >= 15 is 0 Å². The average Bonchev–Trinajstić information content (AvgIpc) is 2.72. The van der Waals surface area contributed by atoms with Crippen molar-refractivity contribution in [3.8, 4) is 0 Å². The number of aliphatic hydroxyl groups is 1. The molecule has 1 saturated heterocycles. The molecule has 3 atom stereocenters. The van der Waals surface area contributed by atoms with Crippen LogP contribution in [0.15, 0.2) is 11.0 Å². The summed E-state index contributed by atoms with van der Waals surface area (Å²) in [5.74, 6) is -1.09. The van der Waals surface area contributed by atoms with Crippen molar-refractivity contribution in [1.29, 1.82) is 0 Å². The van der Waals surface area contributed by atoms with Gasteiger partial charge in [-0.1, -0.05) is 0 Å². The molecule has 1 fully saturated rings.